The lowest BCUT2D eigenvalue weighted by Gasteiger charge is -2.37. The zero-order valence-electron chi connectivity index (χ0n) is 18.1. The topological polar surface area (TPSA) is 99.3 Å². The van der Waals surface area contributed by atoms with Crippen molar-refractivity contribution in [1.29, 1.82) is 0 Å². The van der Waals surface area contributed by atoms with Gasteiger partial charge in [-0.3, -0.25) is 9.69 Å². The summed E-state index contributed by atoms with van der Waals surface area (Å²) >= 11 is 6.13. The number of carbonyl (C=O) groups is 1. The molecule has 0 amide bonds. The second-order valence-electron chi connectivity index (χ2n) is 8.24. The largest absolute Gasteiger partial charge is 0.468 e. The van der Waals surface area contributed by atoms with Crippen LogP contribution in [0.25, 0.3) is 0 Å². The quantitative estimate of drug-likeness (QED) is 0.276. The molecule has 0 radical (unpaired) electrons. The van der Waals surface area contributed by atoms with Crippen LogP contribution in [0.5, 0.6) is 0 Å². The molecule has 0 aliphatic carbocycles. The van der Waals surface area contributed by atoms with E-state index in [1.165, 1.54) is 12.8 Å². The Bertz CT molecular complexity index is 686. The highest BCUT2D eigenvalue weighted by Crippen LogP contribution is 2.24. The summed E-state index contributed by atoms with van der Waals surface area (Å²) in [4.78, 5) is 17.0. The van der Waals surface area contributed by atoms with E-state index >= 15 is 0 Å². The van der Waals surface area contributed by atoms with Crippen molar-refractivity contribution in [3.8, 4) is 0 Å². The Hall–Kier alpha value is -1.32. The van der Waals surface area contributed by atoms with Crippen LogP contribution in [0.1, 0.15) is 37.7 Å². The number of halogens is 1. The van der Waals surface area contributed by atoms with Crippen molar-refractivity contribution in [1.82, 2.24) is 4.90 Å². The number of hydrogen-bond donors (Lipinski definition) is 3. The minimum atomic E-state index is -1.31. The molecule has 7 nitrogen and oxygen atoms in total. The maximum atomic E-state index is 12.2. The summed E-state index contributed by atoms with van der Waals surface area (Å²) in [5.41, 5.74) is 7.65. The third-order valence-corrected chi connectivity index (χ3v) is 6.33. The highest BCUT2D eigenvalue weighted by Gasteiger charge is 2.34. The molecule has 9 heteroatoms. The SMILES string of the molecule is COC(=O)C(N)(CCCCB(O)O)CCCN1CCN(c2ccc(Cl)c(C)c2)CC1. The zero-order chi connectivity index (χ0) is 22.1. The van der Waals surface area contributed by atoms with Gasteiger partial charge in [-0.1, -0.05) is 24.4 Å². The number of carbonyl (C=O) groups excluding carboxylic acids is 1. The second-order valence-corrected chi connectivity index (χ2v) is 8.65. The number of benzene rings is 1. The van der Waals surface area contributed by atoms with Gasteiger partial charge in [0.15, 0.2) is 0 Å². The molecule has 1 heterocycles. The fourth-order valence-electron chi connectivity index (χ4n) is 3.97. The van der Waals surface area contributed by atoms with Crippen LogP contribution < -0.4 is 10.6 Å². The predicted molar refractivity (Wildman–Crippen MR) is 122 cm³/mol. The van der Waals surface area contributed by atoms with Gasteiger partial charge in [-0.15, -0.1) is 0 Å². The Balaban J connectivity index is 1.77. The molecular formula is C21H35BClN3O4. The van der Waals surface area contributed by atoms with Crippen LogP contribution in [-0.2, 0) is 9.53 Å². The van der Waals surface area contributed by atoms with E-state index in [2.05, 4.69) is 21.9 Å². The van der Waals surface area contributed by atoms with Crippen molar-refractivity contribution < 1.29 is 19.6 Å². The minimum absolute atomic E-state index is 0.286. The van der Waals surface area contributed by atoms with E-state index in [0.717, 1.165) is 49.7 Å². The average Bonchev–Trinajstić information content (AvgIpc) is 2.73. The van der Waals surface area contributed by atoms with Crippen molar-refractivity contribution in [2.75, 3.05) is 44.7 Å². The molecule has 1 aliphatic rings. The molecule has 1 aromatic carbocycles. The summed E-state index contributed by atoms with van der Waals surface area (Å²) in [6.07, 6.45) is 3.40. The number of methoxy groups -OCH3 is 1. The zero-order valence-corrected chi connectivity index (χ0v) is 18.9. The fourth-order valence-corrected chi connectivity index (χ4v) is 4.09. The van der Waals surface area contributed by atoms with E-state index in [1.54, 1.807) is 0 Å². The molecule has 4 N–H and O–H groups in total. The van der Waals surface area contributed by atoms with Crippen LogP contribution in [-0.4, -0.2) is 73.4 Å². The number of rotatable bonds is 11. The first-order valence-electron chi connectivity index (χ1n) is 10.7. The summed E-state index contributed by atoms with van der Waals surface area (Å²) in [5, 5.41) is 18.7. The lowest BCUT2D eigenvalue weighted by Crippen LogP contribution is -2.50. The smallest absolute Gasteiger partial charge is 0.451 e. The van der Waals surface area contributed by atoms with Gasteiger partial charge in [-0.2, -0.15) is 0 Å². The number of unbranched alkanes of at least 4 members (excludes halogenated alkanes) is 1. The molecule has 2 rings (SSSR count). The molecule has 1 saturated heterocycles. The number of nitrogens with zero attached hydrogens (tertiary/aromatic N) is 2. The van der Waals surface area contributed by atoms with Crippen molar-refractivity contribution in [2.45, 2.75) is 50.9 Å². The molecule has 0 spiro atoms. The van der Waals surface area contributed by atoms with Crippen LogP contribution in [0.2, 0.25) is 11.3 Å². The number of hydrogen-bond acceptors (Lipinski definition) is 7. The third-order valence-electron chi connectivity index (χ3n) is 5.90. The van der Waals surface area contributed by atoms with Crippen LogP contribution in [0.4, 0.5) is 5.69 Å². The van der Waals surface area contributed by atoms with E-state index in [9.17, 15) is 4.79 Å². The lowest BCUT2D eigenvalue weighted by atomic mass is 9.81. The maximum Gasteiger partial charge on any atom is 0.451 e. The van der Waals surface area contributed by atoms with Gasteiger partial charge in [-0.05, 0) is 62.8 Å². The van der Waals surface area contributed by atoms with Crippen LogP contribution in [0.15, 0.2) is 18.2 Å². The molecule has 0 aromatic heterocycles. The molecule has 0 bridgehead atoms. The standard InChI is InChI=1S/C21H35BClN3O4/c1-17-16-18(6-7-19(17)23)26-14-12-25(13-15-26)11-5-9-21(24,20(27)30-2)8-3-4-10-22(28)29/h6-7,16,28-29H,3-5,8-15,24H2,1-2H3. The maximum absolute atomic E-state index is 12.2. The van der Waals surface area contributed by atoms with E-state index in [4.69, 9.17) is 32.1 Å². The van der Waals surface area contributed by atoms with Gasteiger partial charge >= 0.3 is 13.1 Å². The number of aryl methyl sites for hydroxylation is 1. The highest BCUT2D eigenvalue weighted by atomic mass is 35.5. The first-order valence-corrected chi connectivity index (χ1v) is 11.1. The summed E-state index contributed by atoms with van der Waals surface area (Å²) in [7, 11) is 0.0461. The van der Waals surface area contributed by atoms with Crippen molar-refractivity contribution in [3.63, 3.8) is 0 Å². The van der Waals surface area contributed by atoms with Gasteiger partial charge in [0.25, 0.3) is 0 Å². The summed E-state index contributed by atoms with van der Waals surface area (Å²) in [5.74, 6) is -0.394. The first-order chi connectivity index (χ1) is 14.2. The molecule has 1 unspecified atom stereocenters. The molecule has 1 fully saturated rings. The van der Waals surface area contributed by atoms with Crippen LogP contribution in [0, 0.1) is 6.92 Å². The molecular weight excluding hydrogens is 405 g/mol. The van der Waals surface area contributed by atoms with Gasteiger partial charge in [0.05, 0.1) is 7.11 Å². The van der Waals surface area contributed by atoms with Crippen molar-refractivity contribution in [2.24, 2.45) is 5.73 Å². The second kappa shape index (κ2) is 11.9. The van der Waals surface area contributed by atoms with Gasteiger partial charge < -0.3 is 25.4 Å². The van der Waals surface area contributed by atoms with Crippen LogP contribution >= 0.6 is 11.6 Å². The van der Waals surface area contributed by atoms with Gasteiger partial charge in [0.2, 0.25) is 0 Å². The number of esters is 1. The predicted octanol–water partition coefficient (Wildman–Crippen LogP) is 2.06. The third kappa shape index (κ3) is 7.43. The van der Waals surface area contributed by atoms with Crippen molar-refractivity contribution >= 4 is 30.4 Å². The van der Waals surface area contributed by atoms with E-state index in [-0.39, 0.29) is 6.32 Å². The van der Waals surface area contributed by atoms with E-state index in [1.807, 2.05) is 13.0 Å². The Kier molecular flexibility index (Phi) is 9.91. The van der Waals surface area contributed by atoms with Gasteiger partial charge in [0, 0.05) is 36.9 Å². The lowest BCUT2D eigenvalue weighted by molar-refractivity contribution is -0.147. The van der Waals surface area contributed by atoms with Gasteiger partial charge in [-0.25, -0.2) is 0 Å². The highest BCUT2D eigenvalue weighted by molar-refractivity contribution is 6.40. The fraction of sp³-hybridized carbons (Fsp3) is 0.667. The van der Waals surface area contributed by atoms with Gasteiger partial charge in [0.1, 0.15) is 5.54 Å². The molecule has 30 heavy (non-hydrogen) atoms. The molecule has 1 atom stereocenters. The number of ether oxygens (including phenoxy) is 1. The molecule has 1 aliphatic heterocycles. The summed E-state index contributed by atoms with van der Waals surface area (Å²) < 4.78 is 4.92. The average molecular weight is 440 g/mol. The summed E-state index contributed by atoms with van der Waals surface area (Å²) in [6, 6.07) is 6.15. The molecule has 1 aromatic rings. The first kappa shape index (κ1) is 24.9. The Morgan fingerprint density at radius 1 is 1.20 bits per heavy atom. The Labute approximate surface area is 185 Å². The Morgan fingerprint density at radius 2 is 1.87 bits per heavy atom. The molecule has 168 valence electrons. The van der Waals surface area contributed by atoms with E-state index < -0.39 is 18.6 Å². The molecule has 0 saturated carbocycles. The monoisotopic (exact) mass is 439 g/mol. The number of nitrogens with two attached hydrogens (primary N) is 1. The number of piperazine rings is 1. The van der Waals surface area contributed by atoms with Crippen molar-refractivity contribution in [3.05, 3.63) is 28.8 Å². The van der Waals surface area contributed by atoms with Crippen LogP contribution in [0.3, 0.4) is 0 Å². The summed E-state index contributed by atoms with van der Waals surface area (Å²) in [6.45, 7) is 6.75. The Morgan fingerprint density at radius 3 is 2.47 bits per heavy atom. The normalized spacial score (nSPS) is 16.9. The number of anilines is 1. The van der Waals surface area contributed by atoms with E-state index in [0.29, 0.717) is 25.7 Å². The minimum Gasteiger partial charge on any atom is -0.468 e.